The van der Waals surface area contributed by atoms with Crippen molar-refractivity contribution in [3.63, 3.8) is 0 Å². The Balaban J connectivity index is 1.85. The molecule has 1 heterocycles. The fourth-order valence-electron chi connectivity index (χ4n) is 2.13. The van der Waals surface area contributed by atoms with Crippen molar-refractivity contribution in [2.75, 3.05) is 13.1 Å². The van der Waals surface area contributed by atoms with Gasteiger partial charge in [-0.1, -0.05) is 0 Å². The van der Waals surface area contributed by atoms with Gasteiger partial charge in [-0.15, -0.1) is 0 Å². The molecule has 0 N–H and O–H groups in total. The van der Waals surface area contributed by atoms with Gasteiger partial charge in [-0.2, -0.15) is 4.99 Å². The summed E-state index contributed by atoms with van der Waals surface area (Å²) < 4.78 is 5.04. The fraction of sp³-hybridized carbons (Fsp3) is 0.429. The summed E-state index contributed by atoms with van der Waals surface area (Å²) in [4.78, 5) is 27.6. The maximum absolute atomic E-state index is 11.6. The molecule has 21 heavy (non-hydrogen) atoms. The number of non-ortho nitro benzene ring substituents is 1. The summed E-state index contributed by atoms with van der Waals surface area (Å²) in [6.07, 6.45) is 1.59. The molecule has 7 heteroatoms. The van der Waals surface area contributed by atoms with Crippen molar-refractivity contribution < 1.29 is 14.5 Å². The lowest BCUT2D eigenvalue weighted by Crippen LogP contribution is -2.26. The number of hydrogen-bond donors (Lipinski definition) is 0. The quantitative estimate of drug-likeness (QED) is 0.370. The largest absolute Gasteiger partial charge is 0.443 e. The van der Waals surface area contributed by atoms with Crippen molar-refractivity contribution in [2.24, 2.45) is 4.99 Å². The van der Waals surface area contributed by atoms with E-state index in [0.29, 0.717) is 11.4 Å². The van der Waals surface area contributed by atoms with Gasteiger partial charge in [0.2, 0.25) is 0 Å². The summed E-state index contributed by atoms with van der Waals surface area (Å²) in [6, 6.07) is 5.87. The van der Waals surface area contributed by atoms with Crippen LogP contribution >= 0.6 is 0 Å². The summed E-state index contributed by atoms with van der Waals surface area (Å²) in [6.45, 7) is 3.68. The average molecular weight is 291 g/mol. The van der Waals surface area contributed by atoms with Gasteiger partial charge in [0.05, 0.1) is 4.92 Å². The molecule has 1 aromatic rings. The predicted octanol–water partition coefficient (Wildman–Crippen LogP) is 2.75. The van der Waals surface area contributed by atoms with Crippen LogP contribution in [0.15, 0.2) is 29.3 Å². The maximum Gasteiger partial charge on any atom is 0.435 e. The number of ether oxygens (including phenoxy) is 1. The van der Waals surface area contributed by atoms with Gasteiger partial charge in [-0.3, -0.25) is 10.1 Å². The van der Waals surface area contributed by atoms with Crippen LogP contribution in [0.4, 0.5) is 10.5 Å². The molecule has 0 unspecified atom stereocenters. The summed E-state index contributed by atoms with van der Waals surface area (Å²) in [5.74, 6) is 0.668. The maximum atomic E-state index is 11.6. The lowest BCUT2D eigenvalue weighted by Gasteiger charge is -2.15. The third kappa shape index (κ3) is 4.27. The highest BCUT2D eigenvalue weighted by molar-refractivity contribution is 5.90. The number of nitro groups is 1. The highest BCUT2D eigenvalue weighted by Gasteiger charge is 2.14. The van der Waals surface area contributed by atoms with Crippen LogP contribution in [0.25, 0.3) is 0 Å². The predicted molar refractivity (Wildman–Crippen MR) is 77.2 cm³/mol. The lowest BCUT2D eigenvalue weighted by molar-refractivity contribution is -0.384. The highest BCUT2D eigenvalue weighted by Crippen LogP contribution is 2.13. The molecule has 1 aromatic carbocycles. The van der Waals surface area contributed by atoms with Crippen LogP contribution in [0.1, 0.15) is 25.3 Å². The number of amidine groups is 1. The number of hydrogen-bond acceptors (Lipinski definition) is 4. The van der Waals surface area contributed by atoms with Crippen molar-refractivity contribution in [1.29, 1.82) is 0 Å². The van der Waals surface area contributed by atoms with E-state index >= 15 is 0 Å². The number of carbonyl (C=O) groups excluding carboxylic acids is 1. The molecule has 0 spiro atoms. The normalized spacial score (nSPS) is 15.1. The standard InChI is InChI=1S/C14H17N3O4/c1-11(16-8-2-3-9-16)15-14(18)21-10-12-4-6-13(7-5-12)17(19)20/h4-7H,2-3,8-10H2,1H3/b15-11+. The fourth-order valence-corrected chi connectivity index (χ4v) is 2.13. The van der Waals surface area contributed by atoms with E-state index in [9.17, 15) is 14.9 Å². The summed E-state index contributed by atoms with van der Waals surface area (Å²) >= 11 is 0. The molecule has 1 fully saturated rings. The number of nitrogens with zero attached hydrogens (tertiary/aromatic N) is 3. The van der Waals surface area contributed by atoms with Crippen LogP contribution in [0.5, 0.6) is 0 Å². The van der Waals surface area contributed by atoms with Crippen LogP contribution in [0.2, 0.25) is 0 Å². The highest BCUT2D eigenvalue weighted by atomic mass is 16.6. The van der Waals surface area contributed by atoms with Gasteiger partial charge < -0.3 is 9.64 Å². The molecule has 0 saturated carbocycles. The first kappa shape index (κ1) is 15.0. The second kappa shape index (κ2) is 6.83. The van der Waals surface area contributed by atoms with Crippen LogP contribution in [0.3, 0.4) is 0 Å². The first-order chi connectivity index (χ1) is 10.1. The van der Waals surface area contributed by atoms with Gasteiger partial charge in [-0.05, 0) is 37.5 Å². The second-order valence-electron chi connectivity index (χ2n) is 4.83. The van der Waals surface area contributed by atoms with Crippen molar-refractivity contribution in [1.82, 2.24) is 4.90 Å². The van der Waals surface area contributed by atoms with Crippen molar-refractivity contribution in [2.45, 2.75) is 26.4 Å². The number of aliphatic imine (C=N–C) groups is 1. The van der Waals surface area contributed by atoms with E-state index in [1.165, 1.54) is 12.1 Å². The summed E-state index contributed by atoms with van der Waals surface area (Å²) in [7, 11) is 0. The average Bonchev–Trinajstić information content (AvgIpc) is 3.00. The molecule has 0 bridgehead atoms. The third-order valence-electron chi connectivity index (χ3n) is 3.33. The zero-order valence-electron chi connectivity index (χ0n) is 11.8. The molecule has 1 aliphatic heterocycles. The Morgan fingerprint density at radius 1 is 1.33 bits per heavy atom. The van der Waals surface area contributed by atoms with Crippen molar-refractivity contribution in [3.8, 4) is 0 Å². The number of carbonyl (C=O) groups is 1. The van der Waals surface area contributed by atoms with E-state index in [0.717, 1.165) is 25.9 Å². The van der Waals surface area contributed by atoms with Crippen LogP contribution < -0.4 is 0 Å². The van der Waals surface area contributed by atoms with Crippen molar-refractivity contribution in [3.05, 3.63) is 39.9 Å². The Morgan fingerprint density at radius 3 is 2.52 bits per heavy atom. The molecular formula is C14H17N3O4. The number of nitro benzene ring substituents is 1. The topological polar surface area (TPSA) is 85.0 Å². The molecule has 7 nitrogen and oxygen atoms in total. The number of benzene rings is 1. The minimum absolute atomic E-state index is 0.00738. The monoisotopic (exact) mass is 291 g/mol. The molecule has 0 radical (unpaired) electrons. The molecule has 1 amide bonds. The van der Waals surface area contributed by atoms with Gasteiger partial charge in [-0.25, -0.2) is 4.79 Å². The molecule has 1 aliphatic rings. The summed E-state index contributed by atoms with van der Waals surface area (Å²) in [5, 5.41) is 10.5. The van der Waals surface area contributed by atoms with Crippen LogP contribution in [0, 0.1) is 10.1 Å². The van der Waals surface area contributed by atoms with Gasteiger partial charge in [0, 0.05) is 25.2 Å². The SMILES string of the molecule is C/C(=N\C(=O)OCc1ccc([N+](=O)[O-])cc1)N1CCCC1. The van der Waals surface area contributed by atoms with Gasteiger partial charge >= 0.3 is 6.09 Å². The van der Waals surface area contributed by atoms with Gasteiger partial charge in [0.25, 0.3) is 5.69 Å². The van der Waals surface area contributed by atoms with E-state index in [-0.39, 0.29) is 12.3 Å². The van der Waals surface area contributed by atoms with Crippen LogP contribution in [-0.2, 0) is 11.3 Å². The van der Waals surface area contributed by atoms with Crippen LogP contribution in [-0.4, -0.2) is 34.8 Å². The first-order valence-electron chi connectivity index (χ1n) is 6.76. The molecule has 2 rings (SSSR count). The second-order valence-corrected chi connectivity index (χ2v) is 4.83. The third-order valence-corrected chi connectivity index (χ3v) is 3.33. The van der Waals surface area contributed by atoms with Gasteiger partial charge in [0.15, 0.2) is 0 Å². The number of amides is 1. The zero-order chi connectivity index (χ0) is 15.2. The Morgan fingerprint density at radius 2 is 1.95 bits per heavy atom. The Bertz CT molecular complexity index is 548. The molecule has 0 atom stereocenters. The first-order valence-corrected chi connectivity index (χ1v) is 6.76. The molecule has 1 saturated heterocycles. The molecule has 0 aromatic heterocycles. The number of likely N-dealkylation sites (tertiary alicyclic amines) is 1. The van der Waals surface area contributed by atoms with E-state index in [1.54, 1.807) is 19.1 Å². The summed E-state index contributed by atoms with van der Waals surface area (Å²) in [5.41, 5.74) is 0.691. The minimum atomic E-state index is -0.641. The smallest absolute Gasteiger partial charge is 0.435 e. The Labute approximate surface area is 122 Å². The zero-order valence-corrected chi connectivity index (χ0v) is 11.8. The Hall–Kier alpha value is -2.44. The lowest BCUT2D eigenvalue weighted by atomic mass is 10.2. The van der Waals surface area contributed by atoms with E-state index in [2.05, 4.69) is 4.99 Å². The van der Waals surface area contributed by atoms with E-state index in [1.807, 2.05) is 4.90 Å². The molecular weight excluding hydrogens is 274 g/mol. The van der Waals surface area contributed by atoms with E-state index < -0.39 is 11.0 Å². The van der Waals surface area contributed by atoms with Crippen molar-refractivity contribution >= 4 is 17.6 Å². The van der Waals surface area contributed by atoms with E-state index in [4.69, 9.17) is 4.74 Å². The van der Waals surface area contributed by atoms with Gasteiger partial charge in [0.1, 0.15) is 12.4 Å². The number of rotatable bonds is 3. The molecule has 0 aliphatic carbocycles. The minimum Gasteiger partial charge on any atom is -0.443 e. The Kier molecular flexibility index (Phi) is 4.86. The molecule has 112 valence electrons.